The minimum atomic E-state index is -3.39. The van der Waals surface area contributed by atoms with Crippen LogP contribution in [-0.4, -0.2) is 26.1 Å². The Morgan fingerprint density at radius 2 is 1.82 bits per heavy atom. The molecule has 1 aromatic rings. The topological polar surface area (TPSA) is 63.2 Å². The molecule has 1 aromatic carbocycles. The van der Waals surface area contributed by atoms with Crippen LogP contribution in [0.1, 0.15) is 19.4 Å². The van der Waals surface area contributed by atoms with Crippen LogP contribution in [-0.2, 0) is 20.4 Å². The summed E-state index contributed by atoms with van der Waals surface area (Å²) in [5, 5.41) is 2.57. The zero-order chi connectivity index (χ0) is 12.9. The predicted molar refractivity (Wildman–Crippen MR) is 67.2 cm³/mol. The highest BCUT2D eigenvalue weighted by atomic mass is 32.2. The van der Waals surface area contributed by atoms with Gasteiger partial charge < -0.3 is 5.32 Å². The Balaban J connectivity index is 2.61. The fraction of sp³-hybridized carbons (Fsp3) is 0.417. The Labute approximate surface area is 102 Å². The Kier molecular flexibility index (Phi) is 4.69. The average molecular weight is 255 g/mol. The quantitative estimate of drug-likeness (QED) is 0.857. The Morgan fingerprint density at radius 1 is 1.24 bits per heavy atom. The van der Waals surface area contributed by atoms with Crippen molar-refractivity contribution in [3.8, 4) is 0 Å². The number of hydrogen-bond acceptors (Lipinski definition) is 3. The SMILES string of the molecule is CC(C)NC(=O)CS(=O)(=O)Cc1ccccc1. The average Bonchev–Trinajstić information content (AvgIpc) is 2.15. The number of carbonyl (C=O) groups is 1. The fourth-order valence-electron chi connectivity index (χ4n) is 1.44. The van der Waals surface area contributed by atoms with Crippen molar-refractivity contribution in [2.75, 3.05) is 5.75 Å². The van der Waals surface area contributed by atoms with Crippen LogP contribution >= 0.6 is 0 Å². The van der Waals surface area contributed by atoms with E-state index in [1.165, 1.54) is 0 Å². The first-order valence-electron chi connectivity index (χ1n) is 5.43. The van der Waals surface area contributed by atoms with Gasteiger partial charge in [0.15, 0.2) is 9.84 Å². The molecular weight excluding hydrogens is 238 g/mol. The van der Waals surface area contributed by atoms with Gasteiger partial charge in [0, 0.05) is 6.04 Å². The minimum absolute atomic E-state index is 0.0468. The second-order valence-electron chi connectivity index (χ2n) is 4.24. The van der Waals surface area contributed by atoms with Gasteiger partial charge in [-0.25, -0.2) is 8.42 Å². The molecule has 0 saturated heterocycles. The third-order valence-corrected chi connectivity index (χ3v) is 3.51. The molecule has 4 nitrogen and oxygen atoms in total. The Bertz CT molecular complexity index is 466. The number of amides is 1. The summed E-state index contributed by atoms with van der Waals surface area (Å²) in [6.45, 7) is 3.59. The van der Waals surface area contributed by atoms with Crippen LogP contribution in [0.15, 0.2) is 30.3 Å². The maximum atomic E-state index is 11.7. The maximum Gasteiger partial charge on any atom is 0.235 e. The largest absolute Gasteiger partial charge is 0.353 e. The molecule has 0 spiro atoms. The Morgan fingerprint density at radius 3 is 2.35 bits per heavy atom. The van der Waals surface area contributed by atoms with Crippen molar-refractivity contribution in [1.82, 2.24) is 5.32 Å². The Hall–Kier alpha value is -1.36. The molecule has 0 fully saturated rings. The summed E-state index contributed by atoms with van der Waals surface area (Å²) in [6.07, 6.45) is 0. The summed E-state index contributed by atoms with van der Waals surface area (Å²) in [4.78, 5) is 11.4. The van der Waals surface area contributed by atoms with E-state index in [-0.39, 0.29) is 11.8 Å². The second kappa shape index (κ2) is 5.82. The standard InChI is InChI=1S/C12H17NO3S/c1-10(2)13-12(14)9-17(15,16)8-11-6-4-3-5-7-11/h3-7,10H,8-9H2,1-2H3,(H,13,14). The smallest absolute Gasteiger partial charge is 0.235 e. The normalized spacial score (nSPS) is 11.5. The van der Waals surface area contributed by atoms with E-state index >= 15 is 0 Å². The molecule has 94 valence electrons. The highest BCUT2D eigenvalue weighted by Crippen LogP contribution is 2.05. The molecule has 0 aliphatic rings. The number of sulfone groups is 1. The monoisotopic (exact) mass is 255 g/mol. The lowest BCUT2D eigenvalue weighted by Crippen LogP contribution is -2.35. The van der Waals surface area contributed by atoms with E-state index in [9.17, 15) is 13.2 Å². The molecule has 0 aliphatic carbocycles. The van der Waals surface area contributed by atoms with Crippen LogP contribution in [0.3, 0.4) is 0 Å². The summed E-state index contributed by atoms with van der Waals surface area (Å²) in [5.74, 6) is -1.00. The van der Waals surface area contributed by atoms with Crippen molar-refractivity contribution in [2.45, 2.75) is 25.6 Å². The summed E-state index contributed by atoms with van der Waals surface area (Å²) in [5.41, 5.74) is 0.699. The van der Waals surface area contributed by atoms with Gasteiger partial charge in [0.2, 0.25) is 5.91 Å². The molecule has 1 amide bonds. The summed E-state index contributed by atoms with van der Waals surface area (Å²) in [6, 6.07) is 8.80. The zero-order valence-corrected chi connectivity index (χ0v) is 10.8. The molecule has 0 atom stereocenters. The molecular formula is C12H17NO3S. The molecule has 0 saturated carbocycles. The molecule has 1 rings (SSSR count). The number of hydrogen-bond donors (Lipinski definition) is 1. The van der Waals surface area contributed by atoms with E-state index in [1.807, 2.05) is 6.07 Å². The lowest BCUT2D eigenvalue weighted by Gasteiger charge is -2.08. The van der Waals surface area contributed by atoms with Crippen molar-refractivity contribution in [3.63, 3.8) is 0 Å². The predicted octanol–water partition coefficient (Wildman–Crippen LogP) is 1.13. The molecule has 0 bridgehead atoms. The second-order valence-corrected chi connectivity index (χ2v) is 6.30. The van der Waals surface area contributed by atoms with E-state index < -0.39 is 21.5 Å². The molecule has 0 aliphatic heterocycles. The van der Waals surface area contributed by atoms with Gasteiger partial charge in [-0.2, -0.15) is 0 Å². The maximum absolute atomic E-state index is 11.7. The molecule has 0 aromatic heterocycles. The van der Waals surface area contributed by atoms with Gasteiger partial charge in [-0.3, -0.25) is 4.79 Å². The highest BCUT2D eigenvalue weighted by molar-refractivity contribution is 7.91. The number of benzene rings is 1. The molecule has 17 heavy (non-hydrogen) atoms. The van der Waals surface area contributed by atoms with E-state index in [2.05, 4.69) is 5.32 Å². The minimum Gasteiger partial charge on any atom is -0.353 e. The van der Waals surface area contributed by atoms with Crippen LogP contribution in [0.2, 0.25) is 0 Å². The van der Waals surface area contributed by atoms with Crippen LogP contribution in [0, 0.1) is 0 Å². The first kappa shape index (κ1) is 13.7. The van der Waals surface area contributed by atoms with Crippen molar-refractivity contribution in [1.29, 1.82) is 0 Å². The van der Waals surface area contributed by atoms with Gasteiger partial charge in [-0.1, -0.05) is 30.3 Å². The van der Waals surface area contributed by atoms with E-state index in [0.29, 0.717) is 5.56 Å². The van der Waals surface area contributed by atoms with Gasteiger partial charge in [-0.15, -0.1) is 0 Å². The number of nitrogens with one attached hydrogen (secondary N) is 1. The first-order chi connectivity index (χ1) is 7.89. The lowest BCUT2D eigenvalue weighted by molar-refractivity contribution is -0.119. The lowest BCUT2D eigenvalue weighted by atomic mass is 10.2. The summed E-state index contributed by atoms with van der Waals surface area (Å²) in [7, 11) is -3.39. The first-order valence-corrected chi connectivity index (χ1v) is 7.25. The third-order valence-electron chi connectivity index (χ3n) is 2.03. The van der Waals surface area contributed by atoms with Crippen LogP contribution in [0.5, 0.6) is 0 Å². The summed E-state index contributed by atoms with van der Waals surface area (Å²) < 4.78 is 23.5. The van der Waals surface area contributed by atoms with Crippen molar-refractivity contribution in [2.24, 2.45) is 0 Å². The van der Waals surface area contributed by atoms with Gasteiger partial charge in [0.05, 0.1) is 5.75 Å². The van der Waals surface area contributed by atoms with Crippen LogP contribution in [0.4, 0.5) is 0 Å². The van der Waals surface area contributed by atoms with E-state index in [1.54, 1.807) is 38.1 Å². The highest BCUT2D eigenvalue weighted by Gasteiger charge is 2.17. The van der Waals surface area contributed by atoms with Gasteiger partial charge in [0.25, 0.3) is 0 Å². The van der Waals surface area contributed by atoms with Gasteiger partial charge in [0.1, 0.15) is 5.75 Å². The van der Waals surface area contributed by atoms with Crippen molar-refractivity contribution < 1.29 is 13.2 Å². The fourth-order valence-corrected chi connectivity index (χ4v) is 2.73. The number of carbonyl (C=O) groups excluding carboxylic acids is 1. The van der Waals surface area contributed by atoms with Gasteiger partial charge >= 0.3 is 0 Å². The van der Waals surface area contributed by atoms with E-state index in [4.69, 9.17) is 0 Å². The van der Waals surface area contributed by atoms with Crippen molar-refractivity contribution in [3.05, 3.63) is 35.9 Å². The molecule has 0 heterocycles. The molecule has 5 heteroatoms. The van der Waals surface area contributed by atoms with Gasteiger partial charge in [-0.05, 0) is 19.4 Å². The van der Waals surface area contributed by atoms with E-state index in [0.717, 1.165) is 0 Å². The third kappa shape index (κ3) is 5.49. The zero-order valence-electron chi connectivity index (χ0n) is 10.0. The summed E-state index contributed by atoms with van der Waals surface area (Å²) >= 11 is 0. The molecule has 1 N–H and O–H groups in total. The van der Waals surface area contributed by atoms with Crippen LogP contribution < -0.4 is 5.32 Å². The molecule has 0 unspecified atom stereocenters. The van der Waals surface area contributed by atoms with Crippen molar-refractivity contribution >= 4 is 15.7 Å². The molecule has 0 radical (unpaired) electrons. The van der Waals surface area contributed by atoms with Crippen LogP contribution in [0.25, 0.3) is 0 Å². The number of rotatable bonds is 5.